The topological polar surface area (TPSA) is 91.2 Å². The fourth-order valence-electron chi connectivity index (χ4n) is 4.75. The number of aromatic nitrogens is 2. The number of amides is 1. The third-order valence-electron chi connectivity index (χ3n) is 6.74. The highest BCUT2D eigenvalue weighted by Gasteiger charge is 2.23. The first-order chi connectivity index (χ1) is 18.8. The van der Waals surface area contributed by atoms with Gasteiger partial charge in [-0.15, -0.1) is 0 Å². The quantitative estimate of drug-likeness (QED) is 0.389. The van der Waals surface area contributed by atoms with Gasteiger partial charge in [-0.25, -0.2) is 14.4 Å². The van der Waals surface area contributed by atoms with Crippen LogP contribution in [0.4, 0.5) is 10.1 Å². The Labute approximate surface area is 228 Å². The molecule has 204 valence electrons. The van der Waals surface area contributed by atoms with E-state index in [1.54, 1.807) is 17.9 Å². The number of ether oxygens (including phenoxy) is 1. The van der Waals surface area contributed by atoms with Gasteiger partial charge >= 0.3 is 0 Å². The third kappa shape index (κ3) is 6.21. The largest absolute Gasteiger partial charge is 0.382 e. The number of carbonyl (C=O) groups excluding carboxylic acids is 1. The minimum Gasteiger partial charge on any atom is -0.382 e. The van der Waals surface area contributed by atoms with Crippen LogP contribution < -0.4 is 4.90 Å². The molecule has 0 spiro atoms. The maximum absolute atomic E-state index is 15.2. The van der Waals surface area contributed by atoms with E-state index in [2.05, 4.69) is 26.4 Å². The van der Waals surface area contributed by atoms with Crippen LogP contribution in [0.2, 0.25) is 0 Å². The summed E-state index contributed by atoms with van der Waals surface area (Å²) in [6.07, 6.45) is 3.88. The number of hydrogen-bond donors (Lipinski definition) is 1. The molecular weight excluding hydrogens is 497 g/mol. The van der Waals surface area contributed by atoms with Crippen LogP contribution in [0.15, 0.2) is 71.8 Å². The van der Waals surface area contributed by atoms with Gasteiger partial charge in [0.1, 0.15) is 18.2 Å². The summed E-state index contributed by atoms with van der Waals surface area (Å²) in [6, 6.07) is 10.3. The number of hydrogen-bond acceptors (Lipinski definition) is 7. The van der Waals surface area contributed by atoms with E-state index in [1.807, 2.05) is 25.1 Å². The van der Waals surface area contributed by atoms with Crippen molar-refractivity contribution in [1.82, 2.24) is 14.9 Å². The maximum atomic E-state index is 15.2. The minimum absolute atomic E-state index is 0.156. The molecule has 1 amide bonds. The molecule has 1 atom stereocenters. The average molecular weight is 532 g/mol. The summed E-state index contributed by atoms with van der Waals surface area (Å²) in [5, 5.41) is 12.1. The zero-order valence-electron chi connectivity index (χ0n) is 22.6. The molecule has 1 aromatic heterocycles. The molecule has 0 saturated carbocycles. The minimum atomic E-state index is -1.22. The summed E-state index contributed by atoms with van der Waals surface area (Å²) >= 11 is 0. The Kier molecular flexibility index (Phi) is 9.16. The van der Waals surface area contributed by atoms with Crippen LogP contribution in [-0.2, 0) is 9.53 Å². The van der Waals surface area contributed by atoms with Crippen LogP contribution in [0.5, 0.6) is 0 Å². The van der Waals surface area contributed by atoms with Crippen molar-refractivity contribution in [1.29, 1.82) is 0 Å². The summed E-state index contributed by atoms with van der Waals surface area (Å²) in [5.41, 5.74) is 3.58. The highest BCUT2D eigenvalue weighted by Crippen LogP contribution is 2.34. The first-order valence-electron chi connectivity index (χ1n) is 13.0. The number of benzene rings is 2. The Morgan fingerprint density at radius 1 is 1.23 bits per heavy atom. The lowest BCUT2D eigenvalue weighted by atomic mass is 9.98. The molecule has 9 heteroatoms. The predicted molar refractivity (Wildman–Crippen MR) is 152 cm³/mol. The lowest BCUT2D eigenvalue weighted by molar-refractivity contribution is -0.127. The van der Waals surface area contributed by atoms with Crippen LogP contribution in [0.3, 0.4) is 0 Å². The summed E-state index contributed by atoms with van der Waals surface area (Å²) in [5.74, 6) is -0.632. The number of fused-ring (bicyclic) bond motifs is 1. The van der Waals surface area contributed by atoms with Crippen molar-refractivity contribution < 1.29 is 19.0 Å². The van der Waals surface area contributed by atoms with Crippen LogP contribution in [0.1, 0.15) is 38.9 Å². The molecule has 4 rings (SSSR count). The van der Waals surface area contributed by atoms with Crippen molar-refractivity contribution in [2.24, 2.45) is 4.99 Å². The van der Waals surface area contributed by atoms with Gasteiger partial charge in [0, 0.05) is 55.1 Å². The molecule has 1 unspecified atom stereocenters. The van der Waals surface area contributed by atoms with Gasteiger partial charge in [0.25, 0.3) is 0 Å². The summed E-state index contributed by atoms with van der Waals surface area (Å²) in [4.78, 5) is 29.4. The molecule has 2 aromatic carbocycles. The van der Waals surface area contributed by atoms with Crippen LogP contribution >= 0.6 is 0 Å². The molecule has 1 aliphatic rings. The average Bonchev–Trinajstić information content (AvgIpc) is 2.95. The number of aliphatic hydroxyl groups excluding tert-OH is 1. The number of carbonyl (C=O) groups is 1. The van der Waals surface area contributed by atoms with Gasteiger partial charge in [0.15, 0.2) is 0 Å². The van der Waals surface area contributed by atoms with E-state index in [9.17, 15) is 9.90 Å². The lowest BCUT2D eigenvalue weighted by Crippen LogP contribution is -2.36. The Bertz CT molecular complexity index is 1410. The van der Waals surface area contributed by atoms with Crippen LogP contribution in [0, 0.1) is 5.82 Å². The smallest absolute Gasteiger partial charge is 0.223 e. The van der Waals surface area contributed by atoms with Crippen LogP contribution in [-0.4, -0.2) is 64.9 Å². The number of morpholine rings is 1. The zero-order valence-corrected chi connectivity index (χ0v) is 22.6. The number of rotatable bonds is 9. The van der Waals surface area contributed by atoms with E-state index in [0.717, 1.165) is 25.2 Å². The predicted octanol–water partition coefficient (Wildman–Crippen LogP) is 5.05. The molecule has 8 nitrogen and oxygen atoms in total. The number of aliphatic hydroxyl groups is 1. The van der Waals surface area contributed by atoms with E-state index in [4.69, 9.17) is 4.74 Å². The lowest BCUT2D eigenvalue weighted by Gasteiger charge is -2.29. The van der Waals surface area contributed by atoms with Gasteiger partial charge in [-0.2, -0.15) is 0 Å². The Morgan fingerprint density at radius 2 is 2.00 bits per heavy atom. The van der Waals surface area contributed by atoms with Crippen molar-refractivity contribution in [3.05, 3.63) is 78.2 Å². The van der Waals surface area contributed by atoms with E-state index in [-0.39, 0.29) is 17.2 Å². The standard InChI is InChI=1S/C30H34FN5O3/c1-5-11-32-28(20(3)36(12-6-2)21(4)37)30(38)22-7-10-26(31)25(17-22)29-24-9-8-23(18-27(24)33-19-34-29)35-13-15-39-16-14-35/h5,7-11,17-19,30,38H,1,6,12-16H2,2-4H3/b28-20+,32-11?. The van der Waals surface area contributed by atoms with Crippen molar-refractivity contribution in [3.63, 3.8) is 0 Å². The van der Waals surface area contributed by atoms with Gasteiger partial charge in [-0.05, 0) is 49.2 Å². The normalized spacial score (nSPS) is 15.4. The number of nitrogens with zero attached hydrogens (tertiary/aromatic N) is 5. The van der Waals surface area contributed by atoms with Crippen molar-refractivity contribution in [3.8, 4) is 11.3 Å². The second-order valence-corrected chi connectivity index (χ2v) is 9.32. The molecule has 3 aromatic rings. The third-order valence-corrected chi connectivity index (χ3v) is 6.74. The fraction of sp³-hybridized carbons (Fsp3) is 0.333. The molecule has 0 radical (unpaired) electrons. The number of anilines is 1. The van der Waals surface area contributed by atoms with Crippen molar-refractivity contribution in [2.45, 2.75) is 33.3 Å². The molecule has 1 saturated heterocycles. The first kappa shape index (κ1) is 28.1. The van der Waals surface area contributed by atoms with Gasteiger partial charge in [-0.3, -0.25) is 9.79 Å². The van der Waals surface area contributed by atoms with Gasteiger partial charge in [0.05, 0.1) is 30.1 Å². The Balaban J connectivity index is 1.77. The van der Waals surface area contributed by atoms with Gasteiger partial charge < -0.3 is 19.6 Å². The van der Waals surface area contributed by atoms with Gasteiger partial charge in [0.2, 0.25) is 5.91 Å². The molecule has 0 aliphatic carbocycles. The fourth-order valence-corrected chi connectivity index (χ4v) is 4.75. The van der Waals surface area contributed by atoms with E-state index >= 15 is 4.39 Å². The highest BCUT2D eigenvalue weighted by atomic mass is 19.1. The maximum Gasteiger partial charge on any atom is 0.223 e. The molecule has 39 heavy (non-hydrogen) atoms. The van der Waals surface area contributed by atoms with Crippen molar-refractivity contribution in [2.75, 3.05) is 37.7 Å². The molecule has 0 bridgehead atoms. The molecule has 1 aliphatic heterocycles. The molecular formula is C30H34FN5O3. The summed E-state index contributed by atoms with van der Waals surface area (Å²) in [6.45, 7) is 12.2. The molecule has 1 fully saturated rings. The summed E-state index contributed by atoms with van der Waals surface area (Å²) in [7, 11) is 0. The summed E-state index contributed by atoms with van der Waals surface area (Å²) < 4.78 is 20.7. The first-order valence-corrected chi connectivity index (χ1v) is 13.0. The number of allylic oxidation sites excluding steroid dienone is 2. The number of halogens is 1. The molecule has 1 N–H and O–H groups in total. The highest BCUT2D eigenvalue weighted by molar-refractivity contribution is 5.94. The monoisotopic (exact) mass is 531 g/mol. The second kappa shape index (κ2) is 12.7. The second-order valence-electron chi connectivity index (χ2n) is 9.32. The van der Waals surface area contributed by atoms with E-state index in [0.29, 0.717) is 47.6 Å². The number of aliphatic imine (C=N–C) groups is 1. The molecule has 2 heterocycles. The van der Waals surface area contributed by atoms with E-state index in [1.165, 1.54) is 37.7 Å². The van der Waals surface area contributed by atoms with Crippen molar-refractivity contribution >= 4 is 28.7 Å². The van der Waals surface area contributed by atoms with Crippen LogP contribution in [0.25, 0.3) is 22.2 Å². The van der Waals surface area contributed by atoms with Gasteiger partial charge in [-0.1, -0.05) is 25.6 Å². The Morgan fingerprint density at radius 3 is 2.69 bits per heavy atom. The SMILES string of the molecule is C=CC=N/C(=C(\C)N(CCC)C(C)=O)C(O)c1ccc(F)c(-c2ncnc3cc(N4CCOCC4)ccc23)c1. The zero-order chi connectivity index (χ0) is 27.9. The van der Waals surface area contributed by atoms with E-state index < -0.39 is 11.9 Å². The Hall–Kier alpha value is -3.95.